The molecule has 0 amide bonds. The molecule has 2 nitrogen and oxygen atoms in total. The Bertz CT molecular complexity index is 410. The SMILES string of the molecule is CC(C)Cc1ccccc1S(=O)(=O)F. The van der Waals surface area contributed by atoms with Crippen LogP contribution in [0.1, 0.15) is 19.4 Å². The molecule has 0 N–H and O–H groups in total. The molecule has 0 aliphatic heterocycles. The number of halogens is 1. The van der Waals surface area contributed by atoms with Gasteiger partial charge < -0.3 is 0 Å². The van der Waals surface area contributed by atoms with Crippen molar-refractivity contribution in [3.8, 4) is 0 Å². The zero-order valence-corrected chi connectivity index (χ0v) is 9.01. The van der Waals surface area contributed by atoms with Gasteiger partial charge in [-0.2, -0.15) is 8.42 Å². The smallest absolute Gasteiger partial charge is 0.189 e. The Balaban J connectivity index is 3.17. The molecule has 14 heavy (non-hydrogen) atoms. The van der Waals surface area contributed by atoms with Gasteiger partial charge in [-0.15, -0.1) is 3.89 Å². The topological polar surface area (TPSA) is 34.1 Å². The van der Waals surface area contributed by atoms with Crippen molar-refractivity contribution in [2.24, 2.45) is 5.92 Å². The summed E-state index contributed by atoms with van der Waals surface area (Å²) >= 11 is 0. The summed E-state index contributed by atoms with van der Waals surface area (Å²) in [5.74, 6) is 0.304. The van der Waals surface area contributed by atoms with Crippen LogP contribution in [0.5, 0.6) is 0 Å². The molecule has 0 aliphatic carbocycles. The van der Waals surface area contributed by atoms with E-state index in [-0.39, 0.29) is 4.90 Å². The summed E-state index contributed by atoms with van der Waals surface area (Å²) in [4.78, 5) is -0.200. The van der Waals surface area contributed by atoms with E-state index in [1.54, 1.807) is 12.1 Å². The van der Waals surface area contributed by atoms with Gasteiger partial charge in [-0.05, 0) is 24.0 Å². The molecule has 0 saturated heterocycles. The van der Waals surface area contributed by atoms with E-state index in [4.69, 9.17) is 0 Å². The van der Waals surface area contributed by atoms with Gasteiger partial charge in [0.25, 0.3) is 0 Å². The van der Waals surface area contributed by atoms with Gasteiger partial charge in [0, 0.05) is 0 Å². The molecule has 0 bridgehead atoms. The highest BCUT2D eigenvalue weighted by molar-refractivity contribution is 7.86. The van der Waals surface area contributed by atoms with Crippen molar-refractivity contribution in [1.82, 2.24) is 0 Å². The van der Waals surface area contributed by atoms with E-state index in [1.807, 2.05) is 13.8 Å². The maximum absolute atomic E-state index is 12.8. The summed E-state index contributed by atoms with van der Waals surface area (Å²) in [7, 11) is -4.58. The summed E-state index contributed by atoms with van der Waals surface area (Å²) in [6.45, 7) is 3.92. The standard InChI is InChI=1S/C10H13FO2S/c1-8(2)7-9-5-3-4-6-10(9)14(11,12)13/h3-6,8H,7H2,1-2H3. The second kappa shape index (κ2) is 4.09. The second-order valence-corrected chi connectivity index (χ2v) is 4.96. The highest BCUT2D eigenvalue weighted by Crippen LogP contribution is 2.20. The van der Waals surface area contributed by atoms with E-state index < -0.39 is 10.2 Å². The van der Waals surface area contributed by atoms with Gasteiger partial charge >= 0.3 is 10.2 Å². The lowest BCUT2D eigenvalue weighted by Crippen LogP contribution is -2.02. The molecule has 4 heteroatoms. The fourth-order valence-electron chi connectivity index (χ4n) is 1.35. The average Bonchev–Trinajstić information content (AvgIpc) is 2.01. The van der Waals surface area contributed by atoms with Crippen molar-refractivity contribution < 1.29 is 12.3 Å². The molecule has 0 spiro atoms. The predicted octanol–water partition coefficient (Wildman–Crippen LogP) is 2.54. The minimum atomic E-state index is -4.58. The Morgan fingerprint density at radius 2 is 1.86 bits per heavy atom. The van der Waals surface area contributed by atoms with Crippen LogP contribution in [0.25, 0.3) is 0 Å². The number of hydrogen-bond acceptors (Lipinski definition) is 2. The van der Waals surface area contributed by atoms with Crippen molar-refractivity contribution in [1.29, 1.82) is 0 Å². The van der Waals surface area contributed by atoms with Gasteiger partial charge in [0.15, 0.2) is 0 Å². The van der Waals surface area contributed by atoms with Crippen LogP contribution >= 0.6 is 0 Å². The van der Waals surface area contributed by atoms with Crippen LogP contribution in [-0.2, 0) is 16.6 Å². The molecule has 0 unspecified atom stereocenters. The fraction of sp³-hybridized carbons (Fsp3) is 0.400. The van der Waals surface area contributed by atoms with Gasteiger partial charge in [-0.3, -0.25) is 0 Å². The predicted molar refractivity (Wildman–Crippen MR) is 53.3 cm³/mol. The number of benzene rings is 1. The van der Waals surface area contributed by atoms with Crippen LogP contribution in [0.15, 0.2) is 29.2 Å². The second-order valence-electron chi connectivity index (χ2n) is 3.64. The van der Waals surface area contributed by atoms with Crippen LogP contribution in [0, 0.1) is 5.92 Å². The van der Waals surface area contributed by atoms with Gasteiger partial charge in [-0.25, -0.2) is 0 Å². The van der Waals surface area contributed by atoms with E-state index in [1.165, 1.54) is 12.1 Å². The number of rotatable bonds is 3. The monoisotopic (exact) mass is 216 g/mol. The summed E-state index contributed by atoms with van der Waals surface area (Å²) in [6.07, 6.45) is 0.569. The molecule has 0 heterocycles. The first-order valence-corrected chi connectivity index (χ1v) is 5.82. The molecular weight excluding hydrogens is 203 g/mol. The zero-order valence-electron chi connectivity index (χ0n) is 8.20. The largest absolute Gasteiger partial charge is 0.332 e. The molecule has 0 aromatic heterocycles. The Hall–Kier alpha value is -0.900. The van der Waals surface area contributed by atoms with E-state index in [0.29, 0.717) is 17.9 Å². The highest BCUT2D eigenvalue weighted by Gasteiger charge is 2.16. The van der Waals surface area contributed by atoms with Crippen molar-refractivity contribution in [2.45, 2.75) is 25.2 Å². The molecule has 1 rings (SSSR count). The summed E-state index contributed by atoms with van der Waals surface area (Å²) in [5.41, 5.74) is 0.546. The Kier molecular flexibility index (Phi) is 3.26. The fourth-order valence-corrected chi connectivity index (χ4v) is 2.06. The molecule has 1 aromatic carbocycles. The zero-order chi connectivity index (χ0) is 10.8. The molecule has 1 aromatic rings. The van der Waals surface area contributed by atoms with E-state index in [9.17, 15) is 12.3 Å². The first-order chi connectivity index (χ1) is 6.41. The third-order valence-electron chi connectivity index (χ3n) is 1.86. The molecule has 0 radical (unpaired) electrons. The number of hydrogen-bond donors (Lipinski definition) is 0. The quantitative estimate of drug-likeness (QED) is 0.728. The lowest BCUT2D eigenvalue weighted by atomic mass is 10.0. The molecular formula is C10H13FO2S. The lowest BCUT2D eigenvalue weighted by molar-refractivity contribution is 0.548. The maximum atomic E-state index is 12.8. The molecule has 0 saturated carbocycles. The summed E-state index contributed by atoms with van der Waals surface area (Å²) in [6, 6.07) is 6.18. The van der Waals surface area contributed by atoms with E-state index in [0.717, 1.165) is 0 Å². The van der Waals surface area contributed by atoms with Crippen LogP contribution in [0.2, 0.25) is 0 Å². The minimum absolute atomic E-state index is 0.200. The van der Waals surface area contributed by atoms with E-state index in [2.05, 4.69) is 0 Å². The van der Waals surface area contributed by atoms with Gasteiger partial charge in [0.2, 0.25) is 0 Å². The normalized spacial score (nSPS) is 12.0. The van der Waals surface area contributed by atoms with Gasteiger partial charge in [0.1, 0.15) is 4.90 Å². The first-order valence-electron chi connectivity index (χ1n) is 4.44. The molecule has 78 valence electrons. The van der Waals surface area contributed by atoms with Crippen molar-refractivity contribution >= 4 is 10.2 Å². The third-order valence-corrected chi connectivity index (χ3v) is 2.79. The first kappa shape index (κ1) is 11.2. The Morgan fingerprint density at radius 3 is 2.36 bits per heavy atom. The lowest BCUT2D eigenvalue weighted by Gasteiger charge is -2.07. The summed E-state index contributed by atoms with van der Waals surface area (Å²) < 4.78 is 34.3. The van der Waals surface area contributed by atoms with Crippen LogP contribution in [0.4, 0.5) is 3.89 Å². The van der Waals surface area contributed by atoms with Crippen molar-refractivity contribution in [2.75, 3.05) is 0 Å². The molecule has 0 fully saturated rings. The van der Waals surface area contributed by atoms with Crippen LogP contribution in [-0.4, -0.2) is 8.42 Å². The van der Waals surface area contributed by atoms with Crippen molar-refractivity contribution in [3.05, 3.63) is 29.8 Å². The van der Waals surface area contributed by atoms with E-state index >= 15 is 0 Å². The summed E-state index contributed by atoms with van der Waals surface area (Å²) in [5, 5.41) is 0. The average molecular weight is 216 g/mol. The molecule has 0 atom stereocenters. The Labute approximate surface area is 84.0 Å². The third kappa shape index (κ3) is 2.80. The highest BCUT2D eigenvalue weighted by atomic mass is 32.3. The minimum Gasteiger partial charge on any atom is -0.189 e. The maximum Gasteiger partial charge on any atom is 0.332 e. The van der Waals surface area contributed by atoms with Crippen LogP contribution < -0.4 is 0 Å². The van der Waals surface area contributed by atoms with Gasteiger partial charge in [0.05, 0.1) is 0 Å². The Morgan fingerprint density at radius 1 is 1.29 bits per heavy atom. The van der Waals surface area contributed by atoms with Gasteiger partial charge in [-0.1, -0.05) is 32.0 Å². The van der Waals surface area contributed by atoms with Crippen LogP contribution in [0.3, 0.4) is 0 Å². The molecule has 0 aliphatic rings. The van der Waals surface area contributed by atoms with Crippen molar-refractivity contribution in [3.63, 3.8) is 0 Å².